The molecule has 0 spiro atoms. The Hall–Kier alpha value is -2.94. The summed E-state index contributed by atoms with van der Waals surface area (Å²) in [4.78, 5) is 17.0. The van der Waals surface area contributed by atoms with Crippen molar-refractivity contribution in [3.8, 4) is 11.3 Å². The smallest absolute Gasteiger partial charge is 0.258 e. The first kappa shape index (κ1) is 12.8. The summed E-state index contributed by atoms with van der Waals surface area (Å²) in [6.45, 7) is 1.96. The molecule has 0 unspecified atom stereocenters. The lowest BCUT2D eigenvalue weighted by atomic mass is 10.0. The summed E-state index contributed by atoms with van der Waals surface area (Å²) in [6.07, 6.45) is 1.82. The Morgan fingerprint density at radius 1 is 0.955 bits per heavy atom. The second-order valence-electron chi connectivity index (χ2n) is 5.44. The second-order valence-corrected chi connectivity index (χ2v) is 5.44. The Morgan fingerprint density at radius 2 is 1.77 bits per heavy atom. The van der Waals surface area contributed by atoms with Gasteiger partial charge in [0.25, 0.3) is 5.56 Å². The molecule has 0 amide bonds. The number of pyridine rings is 1. The zero-order valence-corrected chi connectivity index (χ0v) is 12.2. The highest BCUT2D eigenvalue weighted by Gasteiger charge is 2.08. The normalized spacial score (nSPS) is 11.1. The SMILES string of the molecule is Cc1ccc2nc(-c3cccc4ccccc34)cc(=O)n2c1. The van der Waals surface area contributed by atoms with Gasteiger partial charge in [0.05, 0.1) is 5.69 Å². The number of aromatic nitrogens is 2. The summed E-state index contributed by atoms with van der Waals surface area (Å²) >= 11 is 0. The quantitative estimate of drug-likeness (QED) is 0.533. The van der Waals surface area contributed by atoms with Crippen molar-refractivity contribution in [3.05, 3.63) is 82.8 Å². The van der Waals surface area contributed by atoms with Gasteiger partial charge in [0.2, 0.25) is 0 Å². The van der Waals surface area contributed by atoms with Crippen molar-refractivity contribution in [2.45, 2.75) is 6.92 Å². The average molecular weight is 286 g/mol. The Kier molecular flexibility index (Phi) is 2.79. The van der Waals surface area contributed by atoms with E-state index in [1.54, 1.807) is 10.5 Å². The van der Waals surface area contributed by atoms with Crippen LogP contribution in [0.5, 0.6) is 0 Å². The number of nitrogens with zero attached hydrogens (tertiary/aromatic N) is 2. The Bertz CT molecular complexity index is 1060. The molecule has 0 fully saturated rings. The molecule has 0 aliphatic rings. The van der Waals surface area contributed by atoms with E-state index in [1.165, 1.54) is 0 Å². The van der Waals surface area contributed by atoms with Gasteiger partial charge in [-0.25, -0.2) is 4.98 Å². The highest BCUT2D eigenvalue weighted by molar-refractivity contribution is 5.95. The molecule has 2 heterocycles. The summed E-state index contributed by atoms with van der Waals surface area (Å²) in [5, 5.41) is 2.25. The minimum atomic E-state index is -0.0587. The first-order valence-corrected chi connectivity index (χ1v) is 7.20. The third kappa shape index (κ3) is 1.99. The fourth-order valence-corrected chi connectivity index (χ4v) is 2.80. The number of benzene rings is 2. The standard InChI is InChI=1S/C19H14N2O/c1-13-9-10-18-20-17(11-19(22)21(18)12-13)16-8-4-6-14-5-2-3-7-15(14)16/h2-12H,1H3. The molecule has 0 bridgehead atoms. The van der Waals surface area contributed by atoms with Crippen molar-refractivity contribution >= 4 is 16.4 Å². The third-order valence-corrected chi connectivity index (χ3v) is 3.87. The van der Waals surface area contributed by atoms with Crippen LogP contribution in [0, 0.1) is 6.92 Å². The largest absolute Gasteiger partial charge is 0.269 e. The summed E-state index contributed by atoms with van der Waals surface area (Å²) in [5.41, 5.74) is 3.34. The molecule has 0 N–H and O–H groups in total. The third-order valence-electron chi connectivity index (χ3n) is 3.87. The van der Waals surface area contributed by atoms with Crippen molar-refractivity contribution in [1.29, 1.82) is 0 Å². The van der Waals surface area contributed by atoms with Gasteiger partial charge in [-0.05, 0) is 29.3 Å². The average Bonchev–Trinajstić information content (AvgIpc) is 2.55. The predicted octanol–water partition coefficient (Wildman–Crippen LogP) is 3.82. The first-order chi connectivity index (χ1) is 10.7. The van der Waals surface area contributed by atoms with Crippen molar-refractivity contribution in [3.63, 3.8) is 0 Å². The molecule has 4 rings (SSSR count). The molecule has 0 aliphatic heterocycles. The predicted molar refractivity (Wildman–Crippen MR) is 89.1 cm³/mol. The van der Waals surface area contributed by atoms with Crippen LogP contribution in [-0.4, -0.2) is 9.38 Å². The molecule has 2 aromatic carbocycles. The molecular formula is C19H14N2O. The van der Waals surface area contributed by atoms with E-state index in [1.807, 2.05) is 49.5 Å². The summed E-state index contributed by atoms with van der Waals surface area (Å²) < 4.78 is 1.59. The minimum Gasteiger partial charge on any atom is -0.269 e. The lowest BCUT2D eigenvalue weighted by Crippen LogP contribution is -2.14. The van der Waals surface area contributed by atoms with Crippen LogP contribution in [-0.2, 0) is 0 Å². The Labute approximate surface area is 127 Å². The second kappa shape index (κ2) is 4.81. The number of fused-ring (bicyclic) bond motifs is 2. The molecule has 3 nitrogen and oxygen atoms in total. The van der Waals surface area contributed by atoms with Gasteiger partial charge in [-0.1, -0.05) is 48.5 Å². The Morgan fingerprint density at radius 3 is 2.68 bits per heavy atom. The number of hydrogen-bond donors (Lipinski definition) is 0. The highest BCUT2D eigenvalue weighted by Crippen LogP contribution is 2.26. The van der Waals surface area contributed by atoms with Gasteiger partial charge < -0.3 is 0 Å². The van der Waals surface area contributed by atoms with Crippen LogP contribution >= 0.6 is 0 Å². The van der Waals surface area contributed by atoms with Gasteiger partial charge >= 0.3 is 0 Å². The highest BCUT2D eigenvalue weighted by atomic mass is 16.1. The molecule has 0 radical (unpaired) electrons. The van der Waals surface area contributed by atoms with Crippen LogP contribution in [0.3, 0.4) is 0 Å². The molecule has 22 heavy (non-hydrogen) atoms. The first-order valence-electron chi connectivity index (χ1n) is 7.20. The van der Waals surface area contributed by atoms with Crippen molar-refractivity contribution in [2.75, 3.05) is 0 Å². The van der Waals surface area contributed by atoms with Crippen LogP contribution in [0.1, 0.15) is 5.56 Å². The number of hydrogen-bond acceptors (Lipinski definition) is 2. The van der Waals surface area contributed by atoms with Crippen molar-refractivity contribution in [2.24, 2.45) is 0 Å². The molecular weight excluding hydrogens is 272 g/mol. The van der Waals surface area contributed by atoms with Crippen LogP contribution in [0.15, 0.2) is 71.7 Å². The minimum absolute atomic E-state index is 0.0587. The molecule has 0 saturated heterocycles. The van der Waals surface area contributed by atoms with Gasteiger partial charge in [0.1, 0.15) is 5.65 Å². The fraction of sp³-hybridized carbons (Fsp3) is 0.0526. The van der Waals surface area contributed by atoms with Gasteiger partial charge in [-0.2, -0.15) is 0 Å². The van der Waals surface area contributed by atoms with Crippen LogP contribution < -0.4 is 5.56 Å². The van der Waals surface area contributed by atoms with E-state index in [0.717, 1.165) is 21.9 Å². The molecule has 0 atom stereocenters. The van der Waals surface area contributed by atoms with Gasteiger partial charge in [0, 0.05) is 17.8 Å². The van der Waals surface area contributed by atoms with Gasteiger partial charge in [-0.3, -0.25) is 9.20 Å². The van der Waals surface area contributed by atoms with Crippen LogP contribution in [0.2, 0.25) is 0 Å². The van der Waals surface area contributed by atoms with Crippen LogP contribution in [0.25, 0.3) is 27.7 Å². The zero-order valence-electron chi connectivity index (χ0n) is 12.2. The van der Waals surface area contributed by atoms with E-state index < -0.39 is 0 Å². The maximum atomic E-state index is 12.4. The van der Waals surface area contributed by atoms with E-state index in [9.17, 15) is 4.79 Å². The lowest BCUT2D eigenvalue weighted by Gasteiger charge is -2.08. The summed E-state index contributed by atoms with van der Waals surface area (Å²) in [5.74, 6) is 0. The molecule has 4 aromatic rings. The fourth-order valence-electron chi connectivity index (χ4n) is 2.80. The maximum Gasteiger partial charge on any atom is 0.258 e. The van der Waals surface area contributed by atoms with Crippen molar-refractivity contribution in [1.82, 2.24) is 9.38 Å². The zero-order chi connectivity index (χ0) is 15.1. The van der Waals surface area contributed by atoms with Gasteiger partial charge in [-0.15, -0.1) is 0 Å². The molecule has 0 saturated carbocycles. The van der Waals surface area contributed by atoms with Gasteiger partial charge in [0.15, 0.2) is 0 Å². The molecule has 2 aromatic heterocycles. The Balaban J connectivity index is 2.05. The van der Waals surface area contributed by atoms with E-state index in [4.69, 9.17) is 0 Å². The van der Waals surface area contributed by atoms with E-state index in [0.29, 0.717) is 11.3 Å². The molecule has 3 heteroatoms. The monoisotopic (exact) mass is 286 g/mol. The van der Waals surface area contributed by atoms with E-state index in [2.05, 4.69) is 23.2 Å². The maximum absolute atomic E-state index is 12.4. The van der Waals surface area contributed by atoms with E-state index in [-0.39, 0.29) is 5.56 Å². The summed E-state index contributed by atoms with van der Waals surface area (Å²) in [6, 6.07) is 19.7. The summed E-state index contributed by atoms with van der Waals surface area (Å²) in [7, 11) is 0. The van der Waals surface area contributed by atoms with E-state index >= 15 is 0 Å². The molecule has 106 valence electrons. The molecule has 0 aliphatic carbocycles. The lowest BCUT2D eigenvalue weighted by molar-refractivity contribution is 1.03. The topological polar surface area (TPSA) is 34.4 Å². The number of rotatable bonds is 1. The van der Waals surface area contributed by atoms with Crippen molar-refractivity contribution < 1.29 is 0 Å². The van der Waals surface area contributed by atoms with Crippen LogP contribution in [0.4, 0.5) is 0 Å². The number of aryl methyl sites for hydroxylation is 1.